The van der Waals surface area contributed by atoms with E-state index in [-0.39, 0.29) is 11.2 Å². The van der Waals surface area contributed by atoms with Gasteiger partial charge in [0.15, 0.2) is 0 Å². The standard InChI is InChI=1S/C24H50O/c1-7-13-17-21-23(11-5,19-15-9-3)25-24(12-6,20-16-10-4)22-18-14-8-2/h7-22H2,1-6H3. The second-order valence-electron chi connectivity index (χ2n) is 8.30. The molecular weight excluding hydrogens is 304 g/mol. The summed E-state index contributed by atoms with van der Waals surface area (Å²) in [6.45, 7) is 14.0. The van der Waals surface area contributed by atoms with Crippen LogP contribution in [-0.2, 0) is 4.74 Å². The van der Waals surface area contributed by atoms with Crippen molar-refractivity contribution < 1.29 is 4.74 Å². The molecule has 0 fully saturated rings. The Balaban J connectivity index is 5.26. The summed E-state index contributed by atoms with van der Waals surface area (Å²) in [6.07, 6.45) is 20.5. The van der Waals surface area contributed by atoms with Crippen LogP contribution in [0.2, 0.25) is 0 Å². The molecule has 0 amide bonds. The van der Waals surface area contributed by atoms with E-state index in [1.165, 1.54) is 103 Å². The van der Waals surface area contributed by atoms with Crippen LogP contribution in [0.1, 0.15) is 144 Å². The molecule has 0 heterocycles. The average Bonchev–Trinajstić information content (AvgIpc) is 2.64. The van der Waals surface area contributed by atoms with Crippen molar-refractivity contribution in [3.63, 3.8) is 0 Å². The maximum absolute atomic E-state index is 7.22. The lowest BCUT2D eigenvalue weighted by atomic mass is 9.83. The van der Waals surface area contributed by atoms with Crippen LogP contribution in [-0.4, -0.2) is 11.2 Å². The minimum absolute atomic E-state index is 0.126. The Hall–Kier alpha value is -0.0400. The molecule has 0 aromatic carbocycles. The van der Waals surface area contributed by atoms with Gasteiger partial charge in [0.2, 0.25) is 0 Å². The molecule has 2 atom stereocenters. The van der Waals surface area contributed by atoms with Gasteiger partial charge in [-0.05, 0) is 38.5 Å². The Labute approximate surface area is 160 Å². The van der Waals surface area contributed by atoms with E-state index in [9.17, 15) is 0 Å². The molecule has 0 saturated carbocycles. The Morgan fingerprint density at radius 2 is 0.760 bits per heavy atom. The van der Waals surface area contributed by atoms with E-state index in [1.54, 1.807) is 0 Å². The lowest BCUT2D eigenvalue weighted by Gasteiger charge is -2.45. The highest BCUT2D eigenvalue weighted by Crippen LogP contribution is 2.40. The highest BCUT2D eigenvalue weighted by molar-refractivity contribution is 4.88. The van der Waals surface area contributed by atoms with Crippen molar-refractivity contribution in [2.75, 3.05) is 0 Å². The first-order valence-electron chi connectivity index (χ1n) is 11.8. The normalized spacial score (nSPS) is 16.6. The minimum atomic E-state index is 0.126. The third kappa shape index (κ3) is 10.0. The van der Waals surface area contributed by atoms with Crippen LogP contribution in [0.15, 0.2) is 0 Å². The lowest BCUT2D eigenvalue weighted by molar-refractivity contribution is -0.177. The van der Waals surface area contributed by atoms with Crippen molar-refractivity contribution in [2.24, 2.45) is 0 Å². The van der Waals surface area contributed by atoms with Crippen LogP contribution in [0.4, 0.5) is 0 Å². The van der Waals surface area contributed by atoms with E-state index < -0.39 is 0 Å². The van der Waals surface area contributed by atoms with Gasteiger partial charge in [0.05, 0.1) is 11.2 Å². The summed E-state index contributed by atoms with van der Waals surface area (Å²) in [5, 5.41) is 0. The molecule has 152 valence electrons. The molecule has 0 aromatic rings. The zero-order valence-electron chi connectivity index (χ0n) is 18.7. The molecule has 0 N–H and O–H groups in total. The zero-order chi connectivity index (χ0) is 19.0. The highest BCUT2D eigenvalue weighted by Gasteiger charge is 2.38. The SMILES string of the molecule is CCCCCC(CC)(CCCC)OC(CC)(CCCC)CCCCC. The third-order valence-corrected chi connectivity index (χ3v) is 6.17. The maximum Gasteiger partial charge on any atom is 0.0687 e. The first kappa shape index (κ1) is 25.0. The predicted octanol–water partition coefficient (Wildman–Crippen LogP) is 8.84. The van der Waals surface area contributed by atoms with Gasteiger partial charge in [-0.3, -0.25) is 0 Å². The van der Waals surface area contributed by atoms with Gasteiger partial charge < -0.3 is 4.74 Å². The van der Waals surface area contributed by atoms with E-state index in [0.29, 0.717) is 0 Å². The van der Waals surface area contributed by atoms with Gasteiger partial charge in [0, 0.05) is 0 Å². The van der Waals surface area contributed by atoms with Crippen LogP contribution in [0, 0.1) is 0 Å². The third-order valence-electron chi connectivity index (χ3n) is 6.17. The quantitative estimate of drug-likeness (QED) is 0.223. The van der Waals surface area contributed by atoms with Gasteiger partial charge in [-0.25, -0.2) is 0 Å². The predicted molar refractivity (Wildman–Crippen MR) is 114 cm³/mol. The summed E-state index contributed by atoms with van der Waals surface area (Å²) in [6, 6.07) is 0. The average molecular weight is 355 g/mol. The Morgan fingerprint density at radius 1 is 0.440 bits per heavy atom. The molecule has 1 heteroatoms. The van der Waals surface area contributed by atoms with Crippen molar-refractivity contribution >= 4 is 0 Å². The Bertz CT molecular complexity index is 260. The molecule has 2 unspecified atom stereocenters. The zero-order valence-corrected chi connectivity index (χ0v) is 18.7. The van der Waals surface area contributed by atoms with Crippen molar-refractivity contribution in [1.29, 1.82) is 0 Å². The Kier molecular flexibility index (Phi) is 15.0. The molecule has 0 spiro atoms. The molecule has 0 aliphatic rings. The van der Waals surface area contributed by atoms with Gasteiger partial charge in [-0.15, -0.1) is 0 Å². The maximum atomic E-state index is 7.22. The number of hydrogen-bond donors (Lipinski definition) is 0. The van der Waals surface area contributed by atoms with E-state index in [4.69, 9.17) is 4.74 Å². The van der Waals surface area contributed by atoms with Crippen LogP contribution in [0.25, 0.3) is 0 Å². The smallest absolute Gasteiger partial charge is 0.0687 e. The molecule has 0 saturated heterocycles. The largest absolute Gasteiger partial charge is 0.369 e. The summed E-state index contributed by atoms with van der Waals surface area (Å²) in [4.78, 5) is 0. The molecule has 0 aromatic heterocycles. The van der Waals surface area contributed by atoms with E-state index in [2.05, 4.69) is 41.5 Å². The lowest BCUT2D eigenvalue weighted by Crippen LogP contribution is -2.44. The summed E-state index contributed by atoms with van der Waals surface area (Å²) in [5.41, 5.74) is 0.252. The van der Waals surface area contributed by atoms with Crippen molar-refractivity contribution in [1.82, 2.24) is 0 Å². The minimum Gasteiger partial charge on any atom is -0.369 e. The molecular formula is C24H50O. The van der Waals surface area contributed by atoms with Crippen molar-refractivity contribution in [3.05, 3.63) is 0 Å². The molecule has 1 nitrogen and oxygen atoms in total. The summed E-state index contributed by atoms with van der Waals surface area (Å²) < 4.78 is 7.22. The molecule has 25 heavy (non-hydrogen) atoms. The van der Waals surface area contributed by atoms with Crippen LogP contribution < -0.4 is 0 Å². The molecule has 0 aliphatic heterocycles. The second kappa shape index (κ2) is 15.1. The van der Waals surface area contributed by atoms with E-state index in [1.807, 2.05) is 0 Å². The monoisotopic (exact) mass is 354 g/mol. The van der Waals surface area contributed by atoms with Gasteiger partial charge >= 0.3 is 0 Å². The van der Waals surface area contributed by atoms with Crippen molar-refractivity contribution in [3.8, 4) is 0 Å². The topological polar surface area (TPSA) is 9.23 Å². The van der Waals surface area contributed by atoms with Crippen LogP contribution in [0.3, 0.4) is 0 Å². The Morgan fingerprint density at radius 3 is 1.04 bits per heavy atom. The number of unbranched alkanes of at least 4 members (excludes halogenated alkanes) is 6. The van der Waals surface area contributed by atoms with Crippen LogP contribution >= 0.6 is 0 Å². The number of rotatable bonds is 18. The van der Waals surface area contributed by atoms with Gasteiger partial charge in [0.25, 0.3) is 0 Å². The highest BCUT2D eigenvalue weighted by atomic mass is 16.5. The second-order valence-corrected chi connectivity index (χ2v) is 8.30. The first-order chi connectivity index (χ1) is 12.1. The summed E-state index contributed by atoms with van der Waals surface area (Å²) in [5.74, 6) is 0. The van der Waals surface area contributed by atoms with Crippen molar-refractivity contribution in [2.45, 2.75) is 155 Å². The number of ether oxygens (including phenoxy) is 1. The fourth-order valence-corrected chi connectivity index (χ4v) is 4.16. The number of hydrogen-bond acceptors (Lipinski definition) is 1. The van der Waals surface area contributed by atoms with E-state index in [0.717, 1.165) is 0 Å². The summed E-state index contributed by atoms with van der Waals surface area (Å²) in [7, 11) is 0. The van der Waals surface area contributed by atoms with Gasteiger partial charge in [0.1, 0.15) is 0 Å². The van der Waals surface area contributed by atoms with Gasteiger partial charge in [-0.2, -0.15) is 0 Å². The van der Waals surface area contributed by atoms with E-state index >= 15 is 0 Å². The fourth-order valence-electron chi connectivity index (χ4n) is 4.16. The van der Waals surface area contributed by atoms with Gasteiger partial charge in [-0.1, -0.05) is 106 Å². The first-order valence-corrected chi connectivity index (χ1v) is 11.8. The fraction of sp³-hybridized carbons (Fsp3) is 1.00. The molecule has 0 bridgehead atoms. The molecule has 0 radical (unpaired) electrons. The van der Waals surface area contributed by atoms with Crippen LogP contribution in [0.5, 0.6) is 0 Å². The summed E-state index contributed by atoms with van der Waals surface area (Å²) >= 11 is 0. The molecule has 0 rings (SSSR count). The molecule has 0 aliphatic carbocycles.